The quantitative estimate of drug-likeness (QED) is 0.925. The molecule has 0 unspecified atom stereocenters. The summed E-state index contributed by atoms with van der Waals surface area (Å²) in [6, 6.07) is 7.58. The number of rotatable bonds is 2. The van der Waals surface area contributed by atoms with Crippen LogP contribution in [0, 0.1) is 17.2 Å². The maximum atomic E-state index is 12.5. The molecule has 5 heteroatoms. The van der Waals surface area contributed by atoms with Crippen LogP contribution in [-0.4, -0.2) is 36.5 Å². The van der Waals surface area contributed by atoms with Crippen molar-refractivity contribution < 1.29 is 9.21 Å². The van der Waals surface area contributed by atoms with Crippen molar-refractivity contribution in [3.63, 3.8) is 0 Å². The van der Waals surface area contributed by atoms with Crippen LogP contribution in [0.1, 0.15) is 35.2 Å². The zero-order valence-electron chi connectivity index (χ0n) is 12.9. The van der Waals surface area contributed by atoms with Gasteiger partial charge in [-0.05, 0) is 56.5 Å². The lowest BCUT2D eigenvalue weighted by molar-refractivity contribution is 0.0929. The van der Waals surface area contributed by atoms with E-state index in [1.54, 1.807) is 18.2 Å². The molecule has 0 aliphatic carbocycles. The minimum atomic E-state index is -0.0608. The third-order valence-corrected chi connectivity index (χ3v) is 5.10. The number of benzene rings is 1. The lowest BCUT2D eigenvalue weighted by Crippen LogP contribution is -2.41. The number of carbonyl (C=O) groups excluding carboxylic acids is 1. The van der Waals surface area contributed by atoms with E-state index >= 15 is 0 Å². The second-order valence-electron chi connectivity index (χ2n) is 6.62. The van der Waals surface area contributed by atoms with Gasteiger partial charge in [-0.25, -0.2) is 0 Å². The van der Waals surface area contributed by atoms with Crippen molar-refractivity contribution in [1.82, 2.24) is 10.2 Å². The van der Waals surface area contributed by atoms with Gasteiger partial charge in [-0.3, -0.25) is 4.79 Å². The summed E-state index contributed by atoms with van der Waals surface area (Å²) in [5.41, 5.74) is 1.67. The van der Waals surface area contributed by atoms with Gasteiger partial charge < -0.3 is 14.6 Å². The zero-order valence-corrected chi connectivity index (χ0v) is 12.9. The topological polar surface area (TPSA) is 69.3 Å². The lowest BCUT2D eigenvalue weighted by Gasteiger charge is -2.26. The van der Waals surface area contributed by atoms with E-state index in [1.165, 1.54) is 19.1 Å². The molecule has 1 amide bonds. The van der Waals surface area contributed by atoms with Crippen LogP contribution in [0.25, 0.3) is 11.0 Å². The Morgan fingerprint density at radius 3 is 2.96 bits per heavy atom. The van der Waals surface area contributed by atoms with Gasteiger partial charge in [0.1, 0.15) is 17.9 Å². The molecule has 1 aromatic carbocycles. The van der Waals surface area contributed by atoms with E-state index < -0.39 is 0 Å². The van der Waals surface area contributed by atoms with Gasteiger partial charge in [0.05, 0.1) is 5.56 Å². The molecular weight excluding hydrogens is 290 g/mol. The Balaban J connectivity index is 1.51. The van der Waals surface area contributed by atoms with Crippen molar-refractivity contribution in [2.24, 2.45) is 5.92 Å². The van der Waals surface area contributed by atoms with E-state index in [-0.39, 0.29) is 11.9 Å². The van der Waals surface area contributed by atoms with Gasteiger partial charge >= 0.3 is 0 Å². The SMILES string of the molecule is N#Cc1coc2cc(C(=O)N[C@@H]3CC4CCN(CC4)C3)ccc12. The minimum Gasteiger partial charge on any atom is -0.463 e. The molecule has 2 aromatic rings. The normalized spacial score (nSPS) is 26.7. The maximum Gasteiger partial charge on any atom is 0.251 e. The predicted octanol–water partition coefficient (Wildman–Crippen LogP) is 2.52. The van der Waals surface area contributed by atoms with E-state index in [4.69, 9.17) is 9.68 Å². The maximum absolute atomic E-state index is 12.5. The summed E-state index contributed by atoms with van der Waals surface area (Å²) >= 11 is 0. The Bertz CT molecular complexity index is 767. The number of fused-ring (bicyclic) bond motifs is 5. The summed E-state index contributed by atoms with van der Waals surface area (Å²) in [5, 5.41) is 12.9. The van der Waals surface area contributed by atoms with Gasteiger partial charge in [-0.15, -0.1) is 0 Å². The van der Waals surface area contributed by atoms with Crippen molar-refractivity contribution >= 4 is 16.9 Å². The molecular formula is C18H19N3O2. The Labute approximate surface area is 134 Å². The number of furan rings is 1. The molecule has 118 valence electrons. The fourth-order valence-electron chi connectivity index (χ4n) is 3.82. The van der Waals surface area contributed by atoms with Crippen LogP contribution in [0.3, 0.4) is 0 Å². The molecule has 4 heterocycles. The van der Waals surface area contributed by atoms with Gasteiger partial charge in [0.25, 0.3) is 5.91 Å². The smallest absolute Gasteiger partial charge is 0.251 e. The average Bonchev–Trinajstić information content (AvgIpc) is 2.76. The molecule has 1 aromatic heterocycles. The van der Waals surface area contributed by atoms with Gasteiger partial charge in [0.15, 0.2) is 0 Å². The number of nitriles is 1. The predicted molar refractivity (Wildman–Crippen MR) is 86.0 cm³/mol. The van der Waals surface area contributed by atoms with Crippen molar-refractivity contribution in [3.8, 4) is 6.07 Å². The van der Waals surface area contributed by atoms with Crippen molar-refractivity contribution in [1.29, 1.82) is 5.26 Å². The van der Waals surface area contributed by atoms with Crippen LogP contribution in [0.2, 0.25) is 0 Å². The van der Waals surface area contributed by atoms with Crippen molar-refractivity contribution in [3.05, 3.63) is 35.6 Å². The molecule has 2 bridgehead atoms. The molecule has 5 rings (SSSR count). The van der Waals surface area contributed by atoms with E-state index in [0.29, 0.717) is 16.7 Å². The fourth-order valence-corrected chi connectivity index (χ4v) is 3.82. The number of carbonyl (C=O) groups is 1. The Hall–Kier alpha value is -2.32. The first-order chi connectivity index (χ1) is 11.2. The van der Waals surface area contributed by atoms with Crippen LogP contribution in [0.5, 0.6) is 0 Å². The molecule has 0 radical (unpaired) electrons. The van der Waals surface area contributed by atoms with E-state index in [2.05, 4.69) is 16.3 Å². The highest BCUT2D eigenvalue weighted by Gasteiger charge is 2.30. The molecule has 5 nitrogen and oxygen atoms in total. The summed E-state index contributed by atoms with van der Waals surface area (Å²) in [5.74, 6) is 0.680. The Morgan fingerprint density at radius 2 is 2.17 bits per heavy atom. The second-order valence-corrected chi connectivity index (χ2v) is 6.62. The summed E-state index contributed by atoms with van der Waals surface area (Å²) in [6.45, 7) is 3.27. The van der Waals surface area contributed by atoms with Crippen LogP contribution in [0.15, 0.2) is 28.9 Å². The molecule has 3 aliphatic rings. The summed E-state index contributed by atoms with van der Waals surface area (Å²) in [7, 11) is 0. The number of nitrogens with zero attached hydrogens (tertiary/aromatic N) is 2. The molecule has 3 aliphatic heterocycles. The zero-order chi connectivity index (χ0) is 15.8. The highest BCUT2D eigenvalue weighted by atomic mass is 16.3. The van der Waals surface area contributed by atoms with Crippen LogP contribution >= 0.6 is 0 Å². The molecule has 0 spiro atoms. The van der Waals surface area contributed by atoms with Gasteiger partial charge in [0.2, 0.25) is 0 Å². The number of amides is 1. The van der Waals surface area contributed by atoms with E-state index in [0.717, 1.165) is 37.4 Å². The first-order valence-electron chi connectivity index (χ1n) is 8.17. The number of hydrogen-bond acceptors (Lipinski definition) is 4. The molecule has 3 fully saturated rings. The standard InChI is InChI=1S/C18H19N3O2/c19-9-14-11-23-17-8-13(1-2-16(14)17)18(22)20-15-7-12-3-5-21(10-15)6-4-12/h1-2,8,11-12,15H,3-7,10H2,(H,20,22)/t15-/m1/s1. The van der Waals surface area contributed by atoms with Crippen LogP contribution in [0.4, 0.5) is 0 Å². The molecule has 3 saturated heterocycles. The van der Waals surface area contributed by atoms with E-state index in [9.17, 15) is 4.79 Å². The molecule has 1 N–H and O–H groups in total. The average molecular weight is 309 g/mol. The van der Waals surface area contributed by atoms with Crippen LogP contribution < -0.4 is 5.32 Å². The molecule has 0 saturated carbocycles. The number of nitrogens with one attached hydrogen (secondary N) is 1. The van der Waals surface area contributed by atoms with Crippen molar-refractivity contribution in [2.45, 2.75) is 25.3 Å². The monoisotopic (exact) mass is 309 g/mol. The second kappa shape index (κ2) is 5.71. The lowest BCUT2D eigenvalue weighted by atomic mass is 9.94. The van der Waals surface area contributed by atoms with Crippen molar-refractivity contribution in [2.75, 3.05) is 19.6 Å². The third kappa shape index (κ3) is 2.71. The van der Waals surface area contributed by atoms with Gasteiger partial charge in [0, 0.05) is 23.5 Å². The van der Waals surface area contributed by atoms with Gasteiger partial charge in [-0.1, -0.05) is 0 Å². The summed E-state index contributed by atoms with van der Waals surface area (Å²) in [6.07, 6.45) is 5.01. The minimum absolute atomic E-state index is 0.0608. The third-order valence-electron chi connectivity index (χ3n) is 5.10. The first kappa shape index (κ1) is 14.3. The number of piperidine rings is 1. The van der Waals surface area contributed by atoms with Gasteiger partial charge in [-0.2, -0.15) is 5.26 Å². The first-order valence-corrected chi connectivity index (χ1v) is 8.17. The molecule has 1 atom stereocenters. The van der Waals surface area contributed by atoms with Crippen LogP contribution in [-0.2, 0) is 0 Å². The Morgan fingerprint density at radius 1 is 1.35 bits per heavy atom. The molecule has 23 heavy (non-hydrogen) atoms. The summed E-state index contributed by atoms with van der Waals surface area (Å²) in [4.78, 5) is 15.0. The highest BCUT2D eigenvalue weighted by molar-refractivity contribution is 5.98. The largest absolute Gasteiger partial charge is 0.463 e. The van der Waals surface area contributed by atoms with E-state index in [1.807, 2.05) is 0 Å². The fraction of sp³-hybridized carbons (Fsp3) is 0.444. The summed E-state index contributed by atoms with van der Waals surface area (Å²) < 4.78 is 5.37. The number of hydrogen-bond donors (Lipinski definition) is 1. The highest BCUT2D eigenvalue weighted by Crippen LogP contribution is 2.27. The Kier molecular flexibility index (Phi) is 3.55.